The van der Waals surface area contributed by atoms with Gasteiger partial charge in [0.25, 0.3) is 0 Å². The Labute approximate surface area is 165 Å². The van der Waals surface area contributed by atoms with Crippen molar-refractivity contribution in [2.45, 2.75) is 0 Å². The van der Waals surface area contributed by atoms with E-state index in [1.54, 1.807) is 18.3 Å². The van der Waals surface area contributed by atoms with E-state index in [1.165, 1.54) is 0 Å². The van der Waals surface area contributed by atoms with E-state index < -0.39 is 0 Å². The second-order valence-electron chi connectivity index (χ2n) is 6.56. The normalized spacial score (nSPS) is 11.6. The van der Waals surface area contributed by atoms with Crippen molar-refractivity contribution in [2.75, 3.05) is 0 Å². The maximum absolute atomic E-state index is 15.9. The smallest absolute Gasteiger partial charge is 0.245 e. The summed E-state index contributed by atoms with van der Waals surface area (Å²) in [6.45, 7) is -0.244. The second kappa shape index (κ2) is 8.49. The first-order chi connectivity index (χ1) is 13.8. The van der Waals surface area contributed by atoms with Crippen molar-refractivity contribution in [3.63, 3.8) is 0 Å². The predicted molar refractivity (Wildman–Crippen MR) is 117 cm³/mol. The Morgan fingerprint density at radius 2 is 1.11 bits per heavy atom. The zero-order chi connectivity index (χ0) is 19.2. The van der Waals surface area contributed by atoms with E-state index in [-0.39, 0.29) is 12.5 Å². The molecule has 0 unspecified atom stereocenters. The molecular weight excluding hydrogens is 344 g/mol. The zero-order valence-corrected chi connectivity index (χ0v) is 15.4. The highest BCUT2D eigenvalue weighted by atomic mass is 19.1. The fraction of sp³-hybridized carbons (Fsp3) is 0. The Morgan fingerprint density at radius 1 is 0.607 bits per heavy atom. The average Bonchev–Trinajstić information content (AvgIpc) is 2.79. The van der Waals surface area contributed by atoms with Crippen LogP contribution in [-0.2, 0) is 0 Å². The van der Waals surface area contributed by atoms with Gasteiger partial charge in [0.1, 0.15) is 5.83 Å². The number of pyridine rings is 1. The first-order valence-corrected chi connectivity index (χ1v) is 9.31. The molecule has 0 aliphatic rings. The number of aromatic nitrogens is 1. The molecular formula is C25H19BFN. The van der Waals surface area contributed by atoms with Crippen molar-refractivity contribution in [3.8, 4) is 0 Å². The van der Waals surface area contributed by atoms with Gasteiger partial charge in [-0.2, -0.15) is 0 Å². The first-order valence-electron chi connectivity index (χ1n) is 9.31. The number of hydrogen-bond acceptors (Lipinski definition) is 1. The monoisotopic (exact) mass is 363 g/mol. The lowest BCUT2D eigenvalue weighted by atomic mass is 9.35. The van der Waals surface area contributed by atoms with Crippen LogP contribution in [0.3, 0.4) is 0 Å². The summed E-state index contributed by atoms with van der Waals surface area (Å²) in [6.07, 6.45) is 1.62. The van der Waals surface area contributed by atoms with Crippen LogP contribution >= 0.6 is 0 Å². The molecule has 0 atom stereocenters. The van der Waals surface area contributed by atoms with Gasteiger partial charge in [0.2, 0.25) is 6.71 Å². The topological polar surface area (TPSA) is 12.9 Å². The Bertz CT molecular complexity index is 1010. The van der Waals surface area contributed by atoms with Gasteiger partial charge < -0.3 is 0 Å². The molecule has 4 aromatic rings. The van der Waals surface area contributed by atoms with E-state index in [2.05, 4.69) is 4.98 Å². The lowest BCUT2D eigenvalue weighted by Crippen LogP contribution is -2.43. The molecule has 0 fully saturated rings. The summed E-state index contributed by atoms with van der Waals surface area (Å²) in [5.74, 6) is -0.301. The summed E-state index contributed by atoms with van der Waals surface area (Å²) < 4.78 is 15.9. The van der Waals surface area contributed by atoms with E-state index in [0.717, 1.165) is 16.5 Å². The van der Waals surface area contributed by atoms with Crippen molar-refractivity contribution in [2.24, 2.45) is 0 Å². The van der Waals surface area contributed by atoms with Crippen LogP contribution in [0.4, 0.5) is 4.39 Å². The first kappa shape index (κ1) is 17.9. The molecule has 1 aromatic heterocycles. The molecule has 0 saturated carbocycles. The van der Waals surface area contributed by atoms with E-state index in [0.29, 0.717) is 11.2 Å². The lowest BCUT2D eigenvalue weighted by Gasteiger charge is -2.20. The summed E-state index contributed by atoms with van der Waals surface area (Å²) in [5, 5.41) is 0. The minimum Gasteiger partial charge on any atom is -0.254 e. The van der Waals surface area contributed by atoms with Crippen LogP contribution in [0.2, 0.25) is 0 Å². The van der Waals surface area contributed by atoms with E-state index in [9.17, 15) is 0 Å². The van der Waals surface area contributed by atoms with Gasteiger partial charge in [-0.05, 0) is 23.2 Å². The highest BCUT2D eigenvalue weighted by Gasteiger charge is 2.29. The molecule has 3 aromatic carbocycles. The summed E-state index contributed by atoms with van der Waals surface area (Å²) in [5.41, 5.74) is 3.90. The maximum Gasteiger partial charge on any atom is 0.245 e. The summed E-state index contributed by atoms with van der Waals surface area (Å²) >= 11 is 0. The minimum absolute atomic E-state index is 0.244. The SMILES string of the molecule is FC(=C(B(c1ccccc1)c1ccccc1)c1ccccc1)c1ccccn1. The highest BCUT2D eigenvalue weighted by Crippen LogP contribution is 2.28. The quantitative estimate of drug-likeness (QED) is 0.466. The van der Waals surface area contributed by atoms with Crippen molar-refractivity contribution in [1.82, 2.24) is 4.98 Å². The number of hydrogen-bond donors (Lipinski definition) is 0. The van der Waals surface area contributed by atoms with Crippen LogP contribution in [0.15, 0.2) is 115 Å². The third-order valence-corrected chi connectivity index (χ3v) is 4.77. The van der Waals surface area contributed by atoms with E-state index in [4.69, 9.17) is 0 Å². The molecule has 0 radical (unpaired) electrons. The number of nitrogens with zero attached hydrogens (tertiary/aromatic N) is 1. The van der Waals surface area contributed by atoms with Gasteiger partial charge in [-0.3, -0.25) is 4.98 Å². The fourth-order valence-electron chi connectivity index (χ4n) is 3.49. The van der Waals surface area contributed by atoms with Crippen molar-refractivity contribution in [3.05, 3.63) is 127 Å². The summed E-state index contributed by atoms with van der Waals surface area (Å²) in [6, 6.07) is 35.2. The number of halogens is 1. The molecule has 0 amide bonds. The van der Waals surface area contributed by atoms with Crippen LogP contribution in [0.1, 0.15) is 11.3 Å². The Kier molecular flexibility index (Phi) is 5.44. The van der Waals surface area contributed by atoms with Gasteiger partial charge in [0.15, 0.2) is 0 Å². The number of benzene rings is 3. The molecule has 134 valence electrons. The molecule has 0 bridgehead atoms. The standard InChI is InChI=1S/C25H19BFN/c27-25(23-18-10-11-19-28-23)24(20-12-4-1-5-13-20)26(21-14-6-2-7-15-21)22-16-8-3-9-17-22/h1-19H. The maximum atomic E-state index is 15.9. The molecule has 0 spiro atoms. The molecule has 0 aliphatic carbocycles. The van der Waals surface area contributed by atoms with Gasteiger partial charge in [-0.25, -0.2) is 4.39 Å². The molecule has 28 heavy (non-hydrogen) atoms. The highest BCUT2D eigenvalue weighted by molar-refractivity contribution is 7.00. The van der Waals surface area contributed by atoms with Gasteiger partial charge in [0.05, 0.1) is 5.69 Å². The van der Waals surface area contributed by atoms with Gasteiger partial charge >= 0.3 is 0 Å². The Morgan fingerprint density at radius 3 is 1.61 bits per heavy atom. The summed E-state index contributed by atoms with van der Waals surface area (Å²) in [7, 11) is 0. The Balaban J connectivity index is 2.00. The van der Waals surface area contributed by atoms with Crippen molar-refractivity contribution < 1.29 is 4.39 Å². The Hall–Kier alpha value is -3.46. The van der Waals surface area contributed by atoms with Gasteiger partial charge in [-0.1, -0.05) is 108 Å². The van der Waals surface area contributed by atoms with Crippen LogP contribution in [0.5, 0.6) is 0 Å². The molecule has 1 nitrogen and oxygen atoms in total. The zero-order valence-electron chi connectivity index (χ0n) is 15.4. The predicted octanol–water partition coefficient (Wildman–Crippen LogP) is 4.77. The largest absolute Gasteiger partial charge is 0.254 e. The van der Waals surface area contributed by atoms with Crippen LogP contribution < -0.4 is 10.9 Å². The molecule has 4 rings (SSSR count). The van der Waals surface area contributed by atoms with Gasteiger partial charge in [0, 0.05) is 6.20 Å². The average molecular weight is 363 g/mol. The fourth-order valence-corrected chi connectivity index (χ4v) is 3.49. The third-order valence-electron chi connectivity index (χ3n) is 4.77. The molecule has 0 aliphatic heterocycles. The molecule has 3 heteroatoms. The second-order valence-corrected chi connectivity index (χ2v) is 6.56. The molecule has 0 saturated heterocycles. The van der Waals surface area contributed by atoms with Gasteiger partial charge in [-0.15, -0.1) is 0 Å². The third kappa shape index (κ3) is 3.79. The van der Waals surface area contributed by atoms with Crippen LogP contribution in [-0.4, -0.2) is 11.7 Å². The number of rotatable bonds is 5. The molecule has 1 heterocycles. The van der Waals surface area contributed by atoms with Crippen molar-refractivity contribution in [1.29, 1.82) is 0 Å². The lowest BCUT2D eigenvalue weighted by molar-refractivity contribution is 0.756. The van der Waals surface area contributed by atoms with E-state index >= 15 is 4.39 Å². The van der Waals surface area contributed by atoms with E-state index in [1.807, 2.05) is 97.1 Å². The van der Waals surface area contributed by atoms with Crippen molar-refractivity contribution >= 4 is 28.9 Å². The minimum atomic E-state index is -0.301. The van der Waals surface area contributed by atoms with Crippen LogP contribution in [0, 0.1) is 0 Å². The summed E-state index contributed by atoms with van der Waals surface area (Å²) in [4.78, 5) is 4.26. The molecule has 0 N–H and O–H groups in total. The van der Waals surface area contributed by atoms with Crippen LogP contribution in [0.25, 0.3) is 11.3 Å².